The van der Waals surface area contributed by atoms with Gasteiger partial charge in [-0.25, -0.2) is 0 Å². The highest BCUT2D eigenvalue weighted by molar-refractivity contribution is 5.85. The van der Waals surface area contributed by atoms with Crippen LogP contribution >= 0.6 is 24.8 Å². The Morgan fingerprint density at radius 3 is 2.11 bits per heavy atom. The van der Waals surface area contributed by atoms with Gasteiger partial charge in [0.1, 0.15) is 0 Å². The molecule has 1 aliphatic heterocycles. The van der Waals surface area contributed by atoms with E-state index in [9.17, 15) is 4.79 Å². The molecule has 0 aromatic carbocycles. The zero-order valence-electron chi connectivity index (χ0n) is 11.6. The van der Waals surface area contributed by atoms with Crippen LogP contribution in [0.3, 0.4) is 0 Å². The second-order valence-electron chi connectivity index (χ2n) is 4.45. The summed E-state index contributed by atoms with van der Waals surface area (Å²) in [5, 5.41) is 3.32. The van der Waals surface area contributed by atoms with E-state index >= 15 is 0 Å². The summed E-state index contributed by atoms with van der Waals surface area (Å²) in [7, 11) is 1.95. The van der Waals surface area contributed by atoms with Crippen molar-refractivity contribution in [2.45, 2.75) is 32.7 Å². The molecule has 0 aromatic rings. The molecule has 0 aliphatic carbocycles. The van der Waals surface area contributed by atoms with E-state index in [0.717, 1.165) is 39.0 Å². The van der Waals surface area contributed by atoms with Gasteiger partial charge in [0, 0.05) is 13.1 Å². The predicted molar refractivity (Wildman–Crippen MR) is 80.9 cm³/mol. The molecule has 1 fully saturated rings. The van der Waals surface area contributed by atoms with Crippen molar-refractivity contribution < 1.29 is 4.79 Å². The number of carbonyl (C=O) groups excluding carboxylic acids is 1. The number of hydrogen-bond acceptors (Lipinski definition) is 3. The van der Waals surface area contributed by atoms with Gasteiger partial charge >= 0.3 is 0 Å². The monoisotopic (exact) mass is 299 g/mol. The van der Waals surface area contributed by atoms with E-state index in [2.05, 4.69) is 24.1 Å². The lowest BCUT2D eigenvalue weighted by atomic mass is 10.1. The number of likely N-dealkylation sites (N-methyl/N-ethyl adjacent to an activating group) is 2. The summed E-state index contributed by atoms with van der Waals surface area (Å²) in [5.41, 5.74) is 0. The minimum absolute atomic E-state index is 0. The third-order valence-electron chi connectivity index (χ3n) is 3.50. The first-order valence-electron chi connectivity index (χ1n) is 6.37. The van der Waals surface area contributed by atoms with Crippen molar-refractivity contribution in [2.75, 3.05) is 39.8 Å². The van der Waals surface area contributed by atoms with E-state index < -0.39 is 0 Å². The molecule has 1 aliphatic rings. The van der Waals surface area contributed by atoms with Gasteiger partial charge in [-0.05, 0) is 39.0 Å². The summed E-state index contributed by atoms with van der Waals surface area (Å²) >= 11 is 0. The molecule has 1 N–H and O–H groups in total. The number of carbonyl (C=O) groups is 1. The third kappa shape index (κ3) is 6.23. The van der Waals surface area contributed by atoms with Gasteiger partial charge in [0.05, 0.1) is 6.54 Å². The van der Waals surface area contributed by atoms with Crippen LogP contribution in [0.1, 0.15) is 26.7 Å². The second-order valence-corrected chi connectivity index (χ2v) is 4.45. The zero-order valence-corrected chi connectivity index (χ0v) is 13.3. The molecular formula is C12H27Cl2N3O. The Labute approximate surface area is 123 Å². The van der Waals surface area contributed by atoms with Crippen molar-refractivity contribution in [1.82, 2.24) is 15.1 Å². The second kappa shape index (κ2) is 10.9. The van der Waals surface area contributed by atoms with Crippen molar-refractivity contribution >= 4 is 30.7 Å². The highest BCUT2D eigenvalue weighted by Gasteiger charge is 2.22. The van der Waals surface area contributed by atoms with Crippen LogP contribution in [0.15, 0.2) is 0 Å². The first-order valence-corrected chi connectivity index (χ1v) is 6.37. The molecule has 0 atom stereocenters. The van der Waals surface area contributed by atoms with Gasteiger partial charge in [-0.15, -0.1) is 24.8 Å². The molecule has 1 rings (SSSR count). The fourth-order valence-corrected chi connectivity index (χ4v) is 2.15. The van der Waals surface area contributed by atoms with Gasteiger partial charge in [0.2, 0.25) is 5.91 Å². The van der Waals surface area contributed by atoms with Gasteiger partial charge in [-0.3, -0.25) is 9.69 Å². The lowest BCUT2D eigenvalue weighted by Gasteiger charge is -2.33. The Morgan fingerprint density at radius 1 is 1.17 bits per heavy atom. The topological polar surface area (TPSA) is 35.6 Å². The van der Waals surface area contributed by atoms with Crippen LogP contribution in [0, 0.1) is 0 Å². The molecule has 0 aromatic heterocycles. The number of nitrogens with one attached hydrogen (secondary N) is 1. The van der Waals surface area contributed by atoms with Crippen LogP contribution < -0.4 is 5.32 Å². The number of piperidine rings is 1. The summed E-state index contributed by atoms with van der Waals surface area (Å²) < 4.78 is 0. The van der Waals surface area contributed by atoms with Crippen LogP contribution in [-0.4, -0.2) is 61.5 Å². The van der Waals surface area contributed by atoms with E-state index in [0.29, 0.717) is 12.6 Å². The van der Waals surface area contributed by atoms with Crippen molar-refractivity contribution in [3.8, 4) is 0 Å². The fraction of sp³-hybridized carbons (Fsp3) is 0.917. The lowest BCUT2D eigenvalue weighted by molar-refractivity contribution is -0.133. The maximum atomic E-state index is 12.0. The largest absolute Gasteiger partial charge is 0.342 e. The van der Waals surface area contributed by atoms with Gasteiger partial charge in [0.15, 0.2) is 0 Å². The fourth-order valence-electron chi connectivity index (χ4n) is 2.15. The van der Waals surface area contributed by atoms with Crippen LogP contribution in [0.4, 0.5) is 0 Å². The van der Waals surface area contributed by atoms with Gasteiger partial charge in [-0.2, -0.15) is 0 Å². The molecule has 0 saturated carbocycles. The summed E-state index contributed by atoms with van der Waals surface area (Å²) in [4.78, 5) is 16.1. The van der Waals surface area contributed by atoms with E-state index in [-0.39, 0.29) is 30.7 Å². The van der Waals surface area contributed by atoms with Crippen molar-refractivity contribution in [3.63, 3.8) is 0 Å². The zero-order chi connectivity index (χ0) is 12.0. The summed E-state index contributed by atoms with van der Waals surface area (Å²) in [5.74, 6) is 0.260. The molecule has 0 spiro atoms. The quantitative estimate of drug-likeness (QED) is 0.833. The molecule has 6 heteroatoms. The molecule has 4 nitrogen and oxygen atoms in total. The van der Waals surface area contributed by atoms with Crippen LogP contribution in [0.5, 0.6) is 0 Å². The van der Waals surface area contributed by atoms with Crippen molar-refractivity contribution in [2.24, 2.45) is 0 Å². The number of hydrogen-bond donors (Lipinski definition) is 1. The standard InChI is InChI=1S/C12H25N3O.2ClH/c1-4-15(5-2)10-12(16)14(3)11-6-8-13-9-7-11;;/h11,13H,4-10H2,1-3H3;2*1H. The van der Waals surface area contributed by atoms with Crippen LogP contribution in [0.2, 0.25) is 0 Å². The van der Waals surface area contributed by atoms with E-state index in [1.54, 1.807) is 0 Å². The molecule has 1 saturated heterocycles. The highest BCUT2D eigenvalue weighted by atomic mass is 35.5. The van der Waals surface area contributed by atoms with Gasteiger partial charge in [0.25, 0.3) is 0 Å². The van der Waals surface area contributed by atoms with Crippen LogP contribution in [-0.2, 0) is 4.79 Å². The third-order valence-corrected chi connectivity index (χ3v) is 3.50. The Morgan fingerprint density at radius 2 is 1.67 bits per heavy atom. The van der Waals surface area contributed by atoms with E-state index in [4.69, 9.17) is 0 Å². The Bertz CT molecular complexity index is 219. The molecular weight excluding hydrogens is 273 g/mol. The summed E-state index contributed by atoms with van der Waals surface area (Å²) in [6, 6.07) is 0.435. The number of nitrogens with zero attached hydrogens (tertiary/aromatic N) is 2. The number of amides is 1. The Hall–Kier alpha value is -0.0300. The first kappa shape index (κ1) is 20.3. The van der Waals surface area contributed by atoms with Crippen molar-refractivity contribution in [1.29, 1.82) is 0 Å². The molecule has 1 heterocycles. The molecule has 110 valence electrons. The summed E-state index contributed by atoms with van der Waals surface area (Å²) in [6.45, 7) is 8.72. The lowest BCUT2D eigenvalue weighted by Crippen LogP contribution is -2.47. The van der Waals surface area contributed by atoms with Crippen LogP contribution in [0.25, 0.3) is 0 Å². The maximum absolute atomic E-state index is 12.0. The van der Waals surface area contributed by atoms with Gasteiger partial charge < -0.3 is 10.2 Å². The van der Waals surface area contributed by atoms with E-state index in [1.807, 2.05) is 11.9 Å². The smallest absolute Gasteiger partial charge is 0.236 e. The number of halogens is 2. The molecule has 18 heavy (non-hydrogen) atoms. The molecule has 0 unspecified atom stereocenters. The molecule has 0 bridgehead atoms. The average Bonchev–Trinajstić information content (AvgIpc) is 2.35. The number of rotatable bonds is 5. The minimum atomic E-state index is 0. The van der Waals surface area contributed by atoms with Gasteiger partial charge in [-0.1, -0.05) is 13.8 Å². The minimum Gasteiger partial charge on any atom is -0.342 e. The molecule has 0 radical (unpaired) electrons. The first-order chi connectivity index (χ1) is 7.69. The SMILES string of the molecule is CCN(CC)CC(=O)N(C)C1CCNCC1.Cl.Cl. The van der Waals surface area contributed by atoms with Crippen molar-refractivity contribution in [3.05, 3.63) is 0 Å². The maximum Gasteiger partial charge on any atom is 0.236 e. The van der Waals surface area contributed by atoms with E-state index in [1.165, 1.54) is 0 Å². The normalized spacial score (nSPS) is 15.8. The Balaban J connectivity index is 0. The Kier molecular flexibility index (Phi) is 12.2. The average molecular weight is 300 g/mol. The summed E-state index contributed by atoms with van der Waals surface area (Å²) in [6.07, 6.45) is 2.17. The predicted octanol–water partition coefficient (Wildman–Crippen LogP) is 1.38. The molecule has 1 amide bonds. The highest BCUT2D eigenvalue weighted by Crippen LogP contribution is 2.10.